The lowest BCUT2D eigenvalue weighted by molar-refractivity contribution is -0.138. The fourth-order valence-electron chi connectivity index (χ4n) is 1.37. The third-order valence-electron chi connectivity index (χ3n) is 2.06. The van der Waals surface area contributed by atoms with Crippen molar-refractivity contribution < 1.29 is 13.2 Å². The average molecular weight is 229 g/mol. The first kappa shape index (κ1) is 12.6. The number of hydrogen-bond acceptors (Lipinski definition) is 1. The first-order valence-electron chi connectivity index (χ1n) is 4.89. The monoisotopic (exact) mass is 229 g/mol. The summed E-state index contributed by atoms with van der Waals surface area (Å²) in [5.74, 6) is 0. The SMILES string of the molecule is CN(C)/C=C/Cc1ccccc1C(F)(F)F. The lowest BCUT2D eigenvalue weighted by atomic mass is 10.0. The maximum Gasteiger partial charge on any atom is 0.416 e. The highest BCUT2D eigenvalue weighted by atomic mass is 19.4. The van der Waals surface area contributed by atoms with Crippen molar-refractivity contribution in [1.29, 1.82) is 0 Å². The quantitative estimate of drug-likeness (QED) is 0.768. The van der Waals surface area contributed by atoms with Gasteiger partial charge < -0.3 is 4.90 Å². The van der Waals surface area contributed by atoms with Gasteiger partial charge in [0.1, 0.15) is 0 Å². The van der Waals surface area contributed by atoms with Crippen LogP contribution in [0.25, 0.3) is 0 Å². The third kappa shape index (κ3) is 3.61. The first-order valence-corrected chi connectivity index (χ1v) is 4.89. The molecule has 0 atom stereocenters. The van der Waals surface area contributed by atoms with Crippen LogP contribution in [-0.4, -0.2) is 19.0 Å². The molecule has 0 aromatic heterocycles. The van der Waals surface area contributed by atoms with Gasteiger partial charge in [0.2, 0.25) is 0 Å². The highest BCUT2D eigenvalue weighted by Crippen LogP contribution is 2.32. The number of nitrogens with zero attached hydrogens (tertiary/aromatic N) is 1. The molecule has 0 radical (unpaired) electrons. The van der Waals surface area contributed by atoms with Crippen molar-refractivity contribution in [3.8, 4) is 0 Å². The van der Waals surface area contributed by atoms with Crippen molar-refractivity contribution >= 4 is 0 Å². The molecule has 0 fully saturated rings. The Bertz CT molecular complexity index is 367. The lowest BCUT2D eigenvalue weighted by Crippen LogP contribution is -2.08. The van der Waals surface area contributed by atoms with Crippen LogP contribution in [0, 0.1) is 0 Å². The van der Waals surface area contributed by atoms with Gasteiger partial charge in [0, 0.05) is 14.1 Å². The Hall–Kier alpha value is -1.45. The van der Waals surface area contributed by atoms with E-state index in [9.17, 15) is 13.2 Å². The van der Waals surface area contributed by atoms with E-state index in [1.165, 1.54) is 12.1 Å². The van der Waals surface area contributed by atoms with Crippen molar-refractivity contribution in [1.82, 2.24) is 4.90 Å². The molecule has 16 heavy (non-hydrogen) atoms. The minimum atomic E-state index is -4.28. The van der Waals surface area contributed by atoms with Gasteiger partial charge in [-0.3, -0.25) is 0 Å². The van der Waals surface area contributed by atoms with Gasteiger partial charge >= 0.3 is 6.18 Å². The Labute approximate surface area is 93.2 Å². The summed E-state index contributed by atoms with van der Waals surface area (Å²) < 4.78 is 37.8. The fourth-order valence-corrected chi connectivity index (χ4v) is 1.37. The molecule has 1 nitrogen and oxygen atoms in total. The molecule has 0 amide bonds. The molecule has 0 heterocycles. The van der Waals surface area contributed by atoms with E-state index >= 15 is 0 Å². The molecule has 0 saturated heterocycles. The van der Waals surface area contributed by atoms with Gasteiger partial charge in [-0.2, -0.15) is 13.2 Å². The molecule has 0 spiro atoms. The van der Waals surface area contributed by atoms with Crippen LogP contribution >= 0.6 is 0 Å². The molecule has 1 aromatic carbocycles. The molecule has 1 rings (SSSR count). The van der Waals surface area contributed by atoms with E-state index in [1.807, 2.05) is 14.1 Å². The Balaban J connectivity index is 2.88. The van der Waals surface area contributed by atoms with Crippen molar-refractivity contribution in [3.63, 3.8) is 0 Å². The molecule has 88 valence electrons. The van der Waals surface area contributed by atoms with Gasteiger partial charge in [0.25, 0.3) is 0 Å². The molecular weight excluding hydrogens is 215 g/mol. The number of benzene rings is 1. The van der Waals surface area contributed by atoms with Crippen LogP contribution in [0.3, 0.4) is 0 Å². The van der Waals surface area contributed by atoms with Crippen LogP contribution in [-0.2, 0) is 12.6 Å². The Morgan fingerprint density at radius 3 is 2.38 bits per heavy atom. The van der Waals surface area contributed by atoms with Crippen LogP contribution in [0.2, 0.25) is 0 Å². The molecule has 1 aromatic rings. The van der Waals surface area contributed by atoms with Crippen molar-refractivity contribution in [3.05, 3.63) is 47.7 Å². The van der Waals surface area contributed by atoms with Crippen LogP contribution in [0.1, 0.15) is 11.1 Å². The Morgan fingerprint density at radius 1 is 1.19 bits per heavy atom. The van der Waals surface area contributed by atoms with Crippen LogP contribution in [0.5, 0.6) is 0 Å². The predicted molar refractivity (Wildman–Crippen MR) is 58.0 cm³/mol. The third-order valence-corrected chi connectivity index (χ3v) is 2.06. The average Bonchev–Trinajstić information content (AvgIpc) is 2.16. The van der Waals surface area contributed by atoms with Gasteiger partial charge in [0.05, 0.1) is 5.56 Å². The summed E-state index contributed by atoms with van der Waals surface area (Å²) in [5, 5.41) is 0. The van der Waals surface area contributed by atoms with Gasteiger partial charge in [-0.1, -0.05) is 24.3 Å². The zero-order chi connectivity index (χ0) is 12.2. The summed E-state index contributed by atoms with van der Waals surface area (Å²) in [6, 6.07) is 5.64. The summed E-state index contributed by atoms with van der Waals surface area (Å²) in [7, 11) is 3.65. The number of halogens is 3. The normalized spacial score (nSPS) is 12.1. The zero-order valence-electron chi connectivity index (χ0n) is 9.25. The molecule has 0 aliphatic heterocycles. The van der Waals surface area contributed by atoms with Gasteiger partial charge in [-0.15, -0.1) is 0 Å². The highest BCUT2D eigenvalue weighted by Gasteiger charge is 2.32. The Kier molecular flexibility index (Phi) is 3.99. The summed E-state index contributed by atoms with van der Waals surface area (Å²) in [4.78, 5) is 1.79. The first-order chi connectivity index (χ1) is 7.41. The topological polar surface area (TPSA) is 3.24 Å². The molecule has 0 aliphatic carbocycles. The molecule has 0 aliphatic rings. The Morgan fingerprint density at radius 2 is 1.81 bits per heavy atom. The summed E-state index contributed by atoms with van der Waals surface area (Å²) in [6.07, 6.45) is -0.534. The molecule has 0 N–H and O–H groups in total. The van der Waals surface area contributed by atoms with E-state index in [0.29, 0.717) is 5.56 Å². The smallest absolute Gasteiger partial charge is 0.384 e. The minimum Gasteiger partial charge on any atom is -0.384 e. The molecule has 0 bridgehead atoms. The summed E-state index contributed by atoms with van der Waals surface area (Å²) in [6.45, 7) is 0. The molecule has 0 saturated carbocycles. The predicted octanol–water partition coefficient (Wildman–Crippen LogP) is 3.32. The summed E-state index contributed by atoms with van der Waals surface area (Å²) in [5.41, 5.74) is -0.258. The highest BCUT2D eigenvalue weighted by molar-refractivity contribution is 5.31. The van der Waals surface area contributed by atoms with Crippen LogP contribution < -0.4 is 0 Å². The number of hydrogen-bond donors (Lipinski definition) is 0. The van der Waals surface area contributed by atoms with Crippen molar-refractivity contribution in [2.75, 3.05) is 14.1 Å². The van der Waals surface area contributed by atoms with E-state index in [0.717, 1.165) is 6.07 Å². The molecule has 4 heteroatoms. The number of rotatable bonds is 3. The standard InChI is InChI=1S/C12H14F3N/c1-16(2)9-5-7-10-6-3-4-8-11(10)12(13,14)15/h3-6,8-9H,7H2,1-2H3/b9-5+. The fraction of sp³-hybridized carbons (Fsp3) is 0.333. The molecule has 0 unspecified atom stereocenters. The number of alkyl halides is 3. The van der Waals surface area contributed by atoms with E-state index in [-0.39, 0.29) is 6.42 Å². The minimum absolute atomic E-state index is 0.286. The summed E-state index contributed by atoms with van der Waals surface area (Å²) >= 11 is 0. The second kappa shape index (κ2) is 5.05. The lowest BCUT2D eigenvalue weighted by Gasteiger charge is -2.11. The van der Waals surface area contributed by atoms with Crippen molar-refractivity contribution in [2.24, 2.45) is 0 Å². The van der Waals surface area contributed by atoms with Gasteiger partial charge in [-0.05, 0) is 24.3 Å². The second-order valence-corrected chi connectivity index (χ2v) is 3.71. The maximum absolute atomic E-state index is 12.6. The van der Waals surface area contributed by atoms with E-state index in [2.05, 4.69) is 0 Å². The zero-order valence-corrected chi connectivity index (χ0v) is 9.25. The second-order valence-electron chi connectivity index (χ2n) is 3.71. The molecular formula is C12H14F3N. The number of allylic oxidation sites excluding steroid dienone is 1. The van der Waals surface area contributed by atoms with E-state index in [4.69, 9.17) is 0 Å². The van der Waals surface area contributed by atoms with Crippen LogP contribution in [0.15, 0.2) is 36.5 Å². The van der Waals surface area contributed by atoms with Crippen molar-refractivity contribution in [2.45, 2.75) is 12.6 Å². The van der Waals surface area contributed by atoms with Gasteiger partial charge in [0.15, 0.2) is 0 Å². The van der Waals surface area contributed by atoms with E-state index < -0.39 is 11.7 Å². The maximum atomic E-state index is 12.6. The van der Waals surface area contributed by atoms with Crippen LogP contribution in [0.4, 0.5) is 13.2 Å². The van der Waals surface area contributed by atoms with Gasteiger partial charge in [-0.25, -0.2) is 0 Å². The largest absolute Gasteiger partial charge is 0.416 e. The van der Waals surface area contributed by atoms with E-state index in [1.54, 1.807) is 23.2 Å².